The minimum absolute atomic E-state index is 0.217. The molecule has 0 unspecified atom stereocenters. The number of hydrogen-bond donors (Lipinski definition) is 0. The van der Waals surface area contributed by atoms with E-state index in [0.717, 1.165) is 17.1 Å². The lowest BCUT2D eigenvalue weighted by Gasteiger charge is -2.14. The van der Waals surface area contributed by atoms with Gasteiger partial charge in [0.25, 0.3) is 5.56 Å². The van der Waals surface area contributed by atoms with Crippen LogP contribution >= 0.6 is 23.5 Å². The maximum Gasteiger partial charge on any atom is 0.573 e. The predicted molar refractivity (Wildman–Crippen MR) is 105 cm³/mol. The molecule has 0 aliphatic carbocycles. The summed E-state index contributed by atoms with van der Waals surface area (Å²) in [4.78, 5) is 22.6. The largest absolute Gasteiger partial charge is 0.573 e. The van der Waals surface area contributed by atoms with Gasteiger partial charge in [0.05, 0.1) is 22.0 Å². The first kappa shape index (κ1) is 19.8. The smallest absolute Gasteiger partial charge is 0.406 e. The summed E-state index contributed by atoms with van der Waals surface area (Å²) in [6.07, 6.45) is -2.37. The number of nitrogens with zero attached hydrogens (tertiary/aromatic N) is 3. The molecular formula is C19H14F3N3O2S2. The van der Waals surface area contributed by atoms with Crippen molar-refractivity contribution >= 4 is 23.5 Å². The predicted octanol–water partition coefficient (Wildman–Crippen LogP) is 4.47. The molecule has 0 amide bonds. The number of ether oxygens (including phenoxy) is 1. The monoisotopic (exact) mass is 437 g/mol. The van der Waals surface area contributed by atoms with Crippen LogP contribution in [0.1, 0.15) is 11.4 Å². The van der Waals surface area contributed by atoms with Gasteiger partial charge in [-0.25, -0.2) is 4.98 Å². The Morgan fingerprint density at radius 3 is 2.66 bits per heavy atom. The van der Waals surface area contributed by atoms with Gasteiger partial charge in [-0.05, 0) is 36.4 Å². The van der Waals surface area contributed by atoms with Gasteiger partial charge in [0.2, 0.25) is 0 Å². The van der Waals surface area contributed by atoms with Crippen LogP contribution in [0, 0.1) is 0 Å². The van der Waals surface area contributed by atoms with Gasteiger partial charge >= 0.3 is 6.36 Å². The van der Waals surface area contributed by atoms with Crippen molar-refractivity contribution in [3.63, 3.8) is 0 Å². The Bertz CT molecular complexity index is 1070. The number of halogens is 3. The highest BCUT2D eigenvalue weighted by Gasteiger charge is 2.31. The molecule has 3 aromatic rings. The molecule has 0 fully saturated rings. The van der Waals surface area contributed by atoms with Gasteiger partial charge < -0.3 is 4.74 Å². The van der Waals surface area contributed by atoms with Crippen molar-refractivity contribution in [3.8, 4) is 11.4 Å². The zero-order valence-electron chi connectivity index (χ0n) is 14.8. The highest BCUT2D eigenvalue weighted by molar-refractivity contribution is 7.99. The molecule has 1 aliphatic heterocycles. The van der Waals surface area contributed by atoms with E-state index in [2.05, 4.69) is 14.7 Å². The second kappa shape index (κ2) is 8.11. The molecule has 0 saturated carbocycles. The zero-order valence-corrected chi connectivity index (χ0v) is 16.5. The van der Waals surface area contributed by atoms with Gasteiger partial charge in [-0.15, -0.1) is 24.9 Å². The lowest BCUT2D eigenvalue weighted by Crippen LogP contribution is -2.24. The maximum absolute atomic E-state index is 13.1. The molecule has 3 heterocycles. The normalized spacial score (nSPS) is 13.3. The van der Waals surface area contributed by atoms with E-state index in [-0.39, 0.29) is 11.3 Å². The topological polar surface area (TPSA) is 57.0 Å². The van der Waals surface area contributed by atoms with Crippen LogP contribution in [0.25, 0.3) is 5.69 Å². The van der Waals surface area contributed by atoms with Crippen LogP contribution in [0.4, 0.5) is 13.2 Å². The standard InChI is InChI=1S/C19H14F3N3O2S2/c20-19(21,22)27-14-6-4-13(5-7-14)25-17(26)16-15(8-10-28-16)24-18(25)29-11-12-3-1-2-9-23-12/h1-7,9H,8,10-11H2. The van der Waals surface area contributed by atoms with Crippen LogP contribution in [0.3, 0.4) is 0 Å². The number of rotatable bonds is 5. The first-order valence-electron chi connectivity index (χ1n) is 8.58. The summed E-state index contributed by atoms with van der Waals surface area (Å²) in [5.74, 6) is 0.944. The van der Waals surface area contributed by atoms with Gasteiger partial charge in [0.15, 0.2) is 5.16 Å². The molecular weight excluding hydrogens is 423 g/mol. The highest BCUT2D eigenvalue weighted by Crippen LogP contribution is 2.31. The summed E-state index contributed by atoms with van der Waals surface area (Å²) in [5, 5.41) is 0.478. The first-order valence-corrected chi connectivity index (χ1v) is 10.6. The van der Waals surface area contributed by atoms with Crippen LogP contribution in [0.2, 0.25) is 0 Å². The van der Waals surface area contributed by atoms with Crippen LogP contribution in [-0.2, 0) is 12.2 Å². The lowest BCUT2D eigenvalue weighted by atomic mass is 10.3. The van der Waals surface area contributed by atoms with Crippen molar-refractivity contribution in [1.29, 1.82) is 0 Å². The van der Waals surface area contributed by atoms with E-state index in [0.29, 0.717) is 27.9 Å². The van der Waals surface area contributed by atoms with E-state index in [9.17, 15) is 18.0 Å². The van der Waals surface area contributed by atoms with Gasteiger partial charge in [-0.2, -0.15) is 0 Å². The van der Waals surface area contributed by atoms with E-state index < -0.39 is 6.36 Å². The molecule has 2 aromatic heterocycles. The molecule has 10 heteroatoms. The van der Waals surface area contributed by atoms with Crippen LogP contribution < -0.4 is 10.3 Å². The fraction of sp³-hybridized carbons (Fsp3) is 0.211. The summed E-state index contributed by atoms with van der Waals surface area (Å²) in [6.45, 7) is 0. The molecule has 0 N–H and O–H groups in total. The number of benzene rings is 1. The van der Waals surface area contributed by atoms with E-state index in [1.54, 1.807) is 6.20 Å². The molecule has 1 aliphatic rings. The van der Waals surface area contributed by atoms with E-state index >= 15 is 0 Å². The average molecular weight is 437 g/mol. The second-order valence-corrected chi connectivity index (χ2v) is 8.11. The second-order valence-electron chi connectivity index (χ2n) is 6.06. The number of fused-ring (bicyclic) bond motifs is 1. The minimum Gasteiger partial charge on any atom is -0.406 e. The number of thioether (sulfide) groups is 2. The minimum atomic E-state index is -4.77. The first-order chi connectivity index (χ1) is 13.9. The van der Waals surface area contributed by atoms with Gasteiger partial charge in [0, 0.05) is 24.1 Å². The Morgan fingerprint density at radius 2 is 1.97 bits per heavy atom. The molecule has 29 heavy (non-hydrogen) atoms. The van der Waals surface area contributed by atoms with Gasteiger partial charge in [-0.3, -0.25) is 14.3 Å². The van der Waals surface area contributed by atoms with E-state index in [4.69, 9.17) is 0 Å². The van der Waals surface area contributed by atoms with Gasteiger partial charge in [0.1, 0.15) is 5.75 Å². The van der Waals surface area contributed by atoms with Crippen molar-refractivity contribution in [3.05, 3.63) is 70.4 Å². The summed E-state index contributed by atoms with van der Waals surface area (Å²) in [7, 11) is 0. The molecule has 5 nitrogen and oxygen atoms in total. The maximum atomic E-state index is 13.1. The fourth-order valence-electron chi connectivity index (χ4n) is 2.84. The number of aromatic nitrogens is 3. The molecule has 150 valence electrons. The Balaban J connectivity index is 1.70. The number of pyridine rings is 1. The fourth-order valence-corrected chi connectivity index (χ4v) is 4.80. The summed E-state index contributed by atoms with van der Waals surface area (Å²) >= 11 is 2.80. The summed E-state index contributed by atoms with van der Waals surface area (Å²) < 4.78 is 42.6. The average Bonchev–Trinajstić information content (AvgIpc) is 3.16. The van der Waals surface area contributed by atoms with Crippen molar-refractivity contribution in [2.75, 3.05) is 5.75 Å². The van der Waals surface area contributed by atoms with Crippen LogP contribution in [0.15, 0.2) is 63.5 Å². The highest BCUT2D eigenvalue weighted by atomic mass is 32.2. The van der Waals surface area contributed by atoms with Crippen LogP contribution in [-0.4, -0.2) is 26.7 Å². The van der Waals surface area contributed by atoms with E-state index in [1.165, 1.54) is 52.4 Å². The number of alkyl halides is 3. The Kier molecular flexibility index (Phi) is 5.55. The molecule has 0 bridgehead atoms. The molecule has 0 atom stereocenters. The summed E-state index contributed by atoms with van der Waals surface area (Å²) in [6, 6.07) is 10.8. The van der Waals surface area contributed by atoms with Gasteiger partial charge in [-0.1, -0.05) is 17.8 Å². The van der Waals surface area contributed by atoms with Crippen molar-refractivity contribution in [2.24, 2.45) is 0 Å². The van der Waals surface area contributed by atoms with Crippen molar-refractivity contribution in [2.45, 2.75) is 28.6 Å². The summed E-state index contributed by atoms with van der Waals surface area (Å²) in [5.41, 5.74) is 1.81. The molecule has 0 spiro atoms. The lowest BCUT2D eigenvalue weighted by molar-refractivity contribution is -0.274. The number of hydrogen-bond acceptors (Lipinski definition) is 6. The third-order valence-electron chi connectivity index (χ3n) is 4.07. The van der Waals surface area contributed by atoms with Crippen LogP contribution in [0.5, 0.6) is 5.75 Å². The SMILES string of the molecule is O=c1c2c(nc(SCc3ccccn3)n1-c1ccc(OC(F)(F)F)cc1)CCS2. The molecule has 0 saturated heterocycles. The molecule has 1 aromatic carbocycles. The van der Waals surface area contributed by atoms with E-state index in [1.807, 2.05) is 18.2 Å². The molecule has 0 radical (unpaired) electrons. The Labute approximate surface area is 172 Å². The zero-order chi connectivity index (χ0) is 20.4. The number of aryl methyl sites for hydroxylation is 1. The van der Waals surface area contributed by atoms with Crippen molar-refractivity contribution in [1.82, 2.24) is 14.5 Å². The third-order valence-corrected chi connectivity index (χ3v) is 6.15. The Morgan fingerprint density at radius 1 is 1.17 bits per heavy atom. The third kappa shape index (κ3) is 4.59. The molecule has 4 rings (SSSR count). The Hall–Kier alpha value is -2.46. The van der Waals surface area contributed by atoms with Crippen molar-refractivity contribution < 1.29 is 17.9 Å². The quantitative estimate of drug-likeness (QED) is 0.434.